The van der Waals surface area contributed by atoms with Gasteiger partial charge in [0.05, 0.1) is 0 Å². The van der Waals surface area contributed by atoms with Gasteiger partial charge >= 0.3 is 0 Å². The van der Waals surface area contributed by atoms with Gasteiger partial charge in [-0.2, -0.15) is 0 Å². The minimum Gasteiger partial charge on any atom is -0.330 e. The third-order valence-corrected chi connectivity index (χ3v) is 3.03. The first-order chi connectivity index (χ1) is 7.31. The number of aryl methyl sites for hydroxylation is 1. The van der Waals surface area contributed by atoms with Crippen molar-refractivity contribution in [1.82, 2.24) is 0 Å². The number of nitrogens with one attached hydrogen (secondary N) is 1. The molecule has 0 radical (unpaired) electrons. The molecule has 1 N–H and O–H groups in total. The van der Waals surface area contributed by atoms with Gasteiger partial charge in [-0.1, -0.05) is 19.1 Å². The van der Waals surface area contributed by atoms with Crippen molar-refractivity contribution in [2.24, 2.45) is 0 Å². The fourth-order valence-electron chi connectivity index (χ4n) is 2.03. The van der Waals surface area contributed by atoms with E-state index in [1.807, 2.05) is 0 Å². The summed E-state index contributed by atoms with van der Waals surface area (Å²) in [6.45, 7) is 3.17. The molecule has 0 unspecified atom stereocenters. The summed E-state index contributed by atoms with van der Waals surface area (Å²) in [5.74, 6) is 0.769. The fraction of sp³-hybridized carbons (Fsp3) is 0.462. The molecule has 0 amide bonds. The molecule has 0 aromatic heterocycles. The van der Waals surface area contributed by atoms with Crippen molar-refractivity contribution in [3.05, 3.63) is 29.8 Å². The highest BCUT2D eigenvalue weighted by atomic mass is 15.2. The normalized spacial score (nSPS) is 16.9. The Kier molecular flexibility index (Phi) is 3.05. The minimum atomic E-state index is 0.769. The molecule has 0 spiro atoms. The van der Waals surface area contributed by atoms with Crippen LogP contribution >= 0.6 is 0 Å². The maximum Gasteiger partial charge on any atom is 0.100 e. The molecule has 0 bridgehead atoms. The molecule has 2 heteroatoms. The van der Waals surface area contributed by atoms with E-state index in [1.54, 1.807) is 0 Å². The smallest absolute Gasteiger partial charge is 0.100 e. The molecular formula is C13H18N2. The van der Waals surface area contributed by atoms with E-state index in [0.29, 0.717) is 0 Å². The van der Waals surface area contributed by atoms with Crippen LogP contribution in [0.15, 0.2) is 24.3 Å². The molecule has 2 nitrogen and oxygen atoms in total. The summed E-state index contributed by atoms with van der Waals surface area (Å²) in [4.78, 5) is 2.13. The molecule has 15 heavy (non-hydrogen) atoms. The third kappa shape index (κ3) is 2.20. The number of hydrogen-bond donors (Lipinski definition) is 1. The Hall–Kier alpha value is -1.31. The van der Waals surface area contributed by atoms with Crippen molar-refractivity contribution in [1.29, 1.82) is 5.41 Å². The van der Waals surface area contributed by atoms with Gasteiger partial charge in [0.25, 0.3) is 0 Å². The summed E-state index contributed by atoms with van der Waals surface area (Å²) in [5.41, 5.74) is 2.54. The number of nitrogens with zero attached hydrogens (tertiary/aromatic N) is 1. The van der Waals surface area contributed by atoms with Crippen LogP contribution < -0.4 is 4.90 Å². The van der Waals surface area contributed by atoms with Gasteiger partial charge in [0.1, 0.15) is 5.84 Å². The lowest BCUT2D eigenvalue weighted by Gasteiger charge is -2.29. The SMILES string of the molecule is CCc1ccc(N2CCCCC2=N)cc1. The van der Waals surface area contributed by atoms with E-state index < -0.39 is 0 Å². The van der Waals surface area contributed by atoms with Crippen LogP contribution in [0.25, 0.3) is 0 Å². The van der Waals surface area contributed by atoms with Crippen LogP contribution in [-0.4, -0.2) is 12.4 Å². The zero-order chi connectivity index (χ0) is 10.7. The summed E-state index contributed by atoms with van der Waals surface area (Å²) >= 11 is 0. The molecule has 0 aliphatic carbocycles. The van der Waals surface area contributed by atoms with Gasteiger partial charge in [0.2, 0.25) is 0 Å². The Balaban J connectivity index is 2.17. The second-order valence-electron chi connectivity index (χ2n) is 4.08. The van der Waals surface area contributed by atoms with Crippen LogP contribution in [0.3, 0.4) is 0 Å². The first-order valence-electron chi connectivity index (χ1n) is 5.75. The number of amidine groups is 1. The summed E-state index contributed by atoms with van der Waals surface area (Å²) in [6, 6.07) is 8.60. The maximum absolute atomic E-state index is 7.91. The predicted octanol–water partition coefficient (Wildman–Crippen LogP) is 3.22. The second kappa shape index (κ2) is 4.47. The molecule has 80 valence electrons. The lowest BCUT2D eigenvalue weighted by atomic mass is 10.1. The van der Waals surface area contributed by atoms with Gasteiger partial charge in [-0.25, -0.2) is 0 Å². The molecule has 2 rings (SSSR count). The Morgan fingerprint density at radius 1 is 1.20 bits per heavy atom. The summed E-state index contributed by atoms with van der Waals surface area (Å²) in [5, 5.41) is 7.91. The van der Waals surface area contributed by atoms with Crippen LogP contribution in [0, 0.1) is 5.41 Å². The number of anilines is 1. The maximum atomic E-state index is 7.91. The summed E-state index contributed by atoms with van der Waals surface area (Å²) in [7, 11) is 0. The lowest BCUT2D eigenvalue weighted by Crippen LogP contribution is -2.34. The molecule has 1 heterocycles. The van der Waals surface area contributed by atoms with E-state index in [0.717, 1.165) is 25.2 Å². The van der Waals surface area contributed by atoms with Crippen molar-refractivity contribution in [2.45, 2.75) is 32.6 Å². The highest BCUT2D eigenvalue weighted by Crippen LogP contribution is 2.21. The van der Waals surface area contributed by atoms with Crippen LogP contribution in [0.1, 0.15) is 31.7 Å². The number of piperidine rings is 1. The second-order valence-corrected chi connectivity index (χ2v) is 4.08. The van der Waals surface area contributed by atoms with E-state index in [1.165, 1.54) is 24.1 Å². The minimum absolute atomic E-state index is 0.769. The molecule has 1 aliphatic rings. The summed E-state index contributed by atoms with van der Waals surface area (Å²) < 4.78 is 0. The zero-order valence-electron chi connectivity index (χ0n) is 9.29. The first-order valence-corrected chi connectivity index (χ1v) is 5.75. The van der Waals surface area contributed by atoms with Gasteiger partial charge < -0.3 is 4.90 Å². The van der Waals surface area contributed by atoms with E-state index in [2.05, 4.69) is 36.1 Å². The standard InChI is InChI=1S/C13H18N2/c1-2-11-6-8-12(9-7-11)15-10-4-3-5-13(15)14/h6-9,14H,2-5,10H2,1H3. The van der Waals surface area contributed by atoms with Gasteiger partial charge in [-0.15, -0.1) is 0 Å². The molecule has 1 aromatic rings. The Labute approximate surface area is 91.4 Å². The number of benzene rings is 1. The fourth-order valence-corrected chi connectivity index (χ4v) is 2.03. The average molecular weight is 202 g/mol. The highest BCUT2D eigenvalue weighted by molar-refractivity contribution is 5.96. The highest BCUT2D eigenvalue weighted by Gasteiger charge is 2.15. The van der Waals surface area contributed by atoms with Crippen molar-refractivity contribution in [2.75, 3.05) is 11.4 Å². The van der Waals surface area contributed by atoms with Crippen molar-refractivity contribution >= 4 is 11.5 Å². The quantitative estimate of drug-likeness (QED) is 0.783. The monoisotopic (exact) mass is 202 g/mol. The molecule has 0 saturated carbocycles. The first kappa shape index (κ1) is 10.2. The predicted molar refractivity (Wildman–Crippen MR) is 64.7 cm³/mol. The molecule has 1 aromatic carbocycles. The molecule has 1 fully saturated rings. The zero-order valence-corrected chi connectivity index (χ0v) is 9.29. The molecule has 0 atom stereocenters. The van der Waals surface area contributed by atoms with Crippen LogP contribution in [0.5, 0.6) is 0 Å². The van der Waals surface area contributed by atoms with Crippen molar-refractivity contribution in [3.63, 3.8) is 0 Å². The average Bonchev–Trinajstić information content (AvgIpc) is 2.30. The van der Waals surface area contributed by atoms with Crippen LogP contribution in [0.4, 0.5) is 5.69 Å². The largest absolute Gasteiger partial charge is 0.330 e. The van der Waals surface area contributed by atoms with E-state index in [4.69, 9.17) is 5.41 Å². The Morgan fingerprint density at radius 3 is 2.53 bits per heavy atom. The third-order valence-electron chi connectivity index (χ3n) is 3.03. The topological polar surface area (TPSA) is 27.1 Å². The van der Waals surface area contributed by atoms with Gasteiger partial charge in [-0.05, 0) is 37.0 Å². The molecular weight excluding hydrogens is 184 g/mol. The van der Waals surface area contributed by atoms with Gasteiger partial charge in [-0.3, -0.25) is 5.41 Å². The van der Waals surface area contributed by atoms with E-state index >= 15 is 0 Å². The van der Waals surface area contributed by atoms with Crippen molar-refractivity contribution < 1.29 is 0 Å². The Morgan fingerprint density at radius 2 is 1.93 bits per heavy atom. The summed E-state index contributed by atoms with van der Waals surface area (Å²) in [6.07, 6.45) is 4.38. The van der Waals surface area contributed by atoms with E-state index in [9.17, 15) is 0 Å². The van der Waals surface area contributed by atoms with Crippen molar-refractivity contribution in [3.8, 4) is 0 Å². The molecule has 1 aliphatic heterocycles. The lowest BCUT2D eigenvalue weighted by molar-refractivity contribution is 0.707. The van der Waals surface area contributed by atoms with Gasteiger partial charge in [0, 0.05) is 18.7 Å². The Bertz CT molecular complexity index is 340. The number of rotatable bonds is 2. The van der Waals surface area contributed by atoms with Crippen LogP contribution in [0.2, 0.25) is 0 Å². The molecule has 1 saturated heterocycles. The van der Waals surface area contributed by atoms with Crippen LogP contribution in [-0.2, 0) is 6.42 Å². The van der Waals surface area contributed by atoms with E-state index in [-0.39, 0.29) is 0 Å². The number of hydrogen-bond acceptors (Lipinski definition) is 1. The van der Waals surface area contributed by atoms with Gasteiger partial charge in [0.15, 0.2) is 0 Å².